The smallest absolute Gasteiger partial charge is 0.287 e. The zero-order valence-corrected chi connectivity index (χ0v) is 15.7. The van der Waals surface area contributed by atoms with Gasteiger partial charge in [-0.15, -0.1) is 0 Å². The van der Waals surface area contributed by atoms with E-state index in [4.69, 9.17) is 20.8 Å². The molecule has 0 aliphatic heterocycles. The molecular formula is C20H17ClN2O5. The first-order chi connectivity index (χ1) is 13.5. The summed E-state index contributed by atoms with van der Waals surface area (Å²) >= 11 is 5.82. The van der Waals surface area contributed by atoms with Crippen molar-refractivity contribution in [1.82, 2.24) is 5.32 Å². The summed E-state index contributed by atoms with van der Waals surface area (Å²) in [7, 11) is 1.60. The van der Waals surface area contributed by atoms with Crippen LogP contribution in [0.25, 0.3) is 11.3 Å². The molecule has 3 rings (SSSR count). The second kappa shape index (κ2) is 8.58. The van der Waals surface area contributed by atoms with Gasteiger partial charge >= 0.3 is 0 Å². The average Bonchev–Trinajstić information content (AvgIpc) is 3.18. The average molecular weight is 401 g/mol. The predicted octanol–water partition coefficient (Wildman–Crippen LogP) is 4.49. The van der Waals surface area contributed by atoms with Crippen LogP contribution < -0.4 is 10.1 Å². The number of carbonyl (C=O) groups is 1. The van der Waals surface area contributed by atoms with Crippen molar-refractivity contribution < 1.29 is 18.9 Å². The highest BCUT2D eigenvalue weighted by Gasteiger charge is 2.20. The lowest BCUT2D eigenvalue weighted by Gasteiger charge is -2.05. The van der Waals surface area contributed by atoms with Crippen molar-refractivity contribution in [1.29, 1.82) is 0 Å². The Bertz CT molecular complexity index is 998. The number of halogens is 1. The van der Waals surface area contributed by atoms with Crippen LogP contribution in [0.3, 0.4) is 0 Å². The third kappa shape index (κ3) is 4.50. The number of benzene rings is 2. The van der Waals surface area contributed by atoms with Gasteiger partial charge in [-0.1, -0.05) is 23.7 Å². The van der Waals surface area contributed by atoms with Crippen LogP contribution >= 0.6 is 11.6 Å². The number of nitro benzene ring substituents is 1. The summed E-state index contributed by atoms with van der Waals surface area (Å²) in [6, 6.07) is 14.8. The van der Waals surface area contributed by atoms with E-state index in [2.05, 4.69) is 5.32 Å². The standard InChI is InChI=1S/C20H17ClN2O5/c1-27-15-5-2-13(3-6-15)10-11-22-20(24)19-9-8-18(28-19)16-7-4-14(21)12-17(16)23(25)26/h2-9,12H,10-11H2,1H3,(H,22,24). The van der Waals surface area contributed by atoms with Crippen LogP contribution in [0.2, 0.25) is 5.02 Å². The lowest BCUT2D eigenvalue weighted by molar-refractivity contribution is -0.384. The molecule has 7 nitrogen and oxygen atoms in total. The van der Waals surface area contributed by atoms with Crippen LogP contribution in [0.4, 0.5) is 5.69 Å². The topological polar surface area (TPSA) is 94.6 Å². The van der Waals surface area contributed by atoms with Crippen molar-refractivity contribution >= 4 is 23.2 Å². The van der Waals surface area contributed by atoms with E-state index in [0.29, 0.717) is 13.0 Å². The van der Waals surface area contributed by atoms with Crippen LogP contribution in [-0.4, -0.2) is 24.5 Å². The number of ether oxygens (including phenoxy) is 1. The van der Waals surface area contributed by atoms with Gasteiger partial charge in [0.2, 0.25) is 0 Å². The summed E-state index contributed by atoms with van der Waals surface area (Å²) < 4.78 is 10.6. The summed E-state index contributed by atoms with van der Waals surface area (Å²) in [5, 5.41) is 14.2. The number of carbonyl (C=O) groups excluding carboxylic acids is 1. The number of amides is 1. The summed E-state index contributed by atoms with van der Waals surface area (Å²) in [6.07, 6.45) is 0.645. The third-order valence-corrected chi connectivity index (χ3v) is 4.35. The predicted molar refractivity (Wildman–Crippen MR) is 105 cm³/mol. The lowest BCUT2D eigenvalue weighted by atomic mass is 10.1. The van der Waals surface area contributed by atoms with Gasteiger partial charge in [-0.25, -0.2) is 0 Å². The van der Waals surface area contributed by atoms with Gasteiger partial charge in [-0.3, -0.25) is 14.9 Å². The molecule has 1 amide bonds. The zero-order chi connectivity index (χ0) is 20.1. The molecule has 0 fully saturated rings. The molecule has 0 radical (unpaired) electrons. The molecule has 3 aromatic rings. The van der Waals surface area contributed by atoms with Gasteiger partial charge in [0.1, 0.15) is 11.5 Å². The first kappa shape index (κ1) is 19.4. The minimum Gasteiger partial charge on any atom is -0.497 e. The van der Waals surface area contributed by atoms with E-state index >= 15 is 0 Å². The Morgan fingerprint density at radius 3 is 2.61 bits per heavy atom. The van der Waals surface area contributed by atoms with Gasteiger partial charge in [0.15, 0.2) is 5.76 Å². The van der Waals surface area contributed by atoms with Crippen molar-refractivity contribution in [3.63, 3.8) is 0 Å². The highest BCUT2D eigenvalue weighted by atomic mass is 35.5. The Hall–Kier alpha value is -3.32. The third-order valence-electron chi connectivity index (χ3n) is 4.11. The van der Waals surface area contributed by atoms with Crippen LogP contribution in [-0.2, 0) is 6.42 Å². The molecule has 2 aromatic carbocycles. The minimum atomic E-state index is -0.543. The lowest BCUT2D eigenvalue weighted by Crippen LogP contribution is -2.25. The summed E-state index contributed by atoms with van der Waals surface area (Å²) in [5.74, 6) is 0.682. The Labute approximate surface area is 166 Å². The van der Waals surface area contributed by atoms with E-state index < -0.39 is 10.8 Å². The molecule has 0 atom stereocenters. The van der Waals surface area contributed by atoms with E-state index in [1.165, 1.54) is 30.3 Å². The van der Waals surface area contributed by atoms with Crippen molar-refractivity contribution in [3.05, 3.63) is 81.1 Å². The van der Waals surface area contributed by atoms with E-state index in [9.17, 15) is 14.9 Å². The SMILES string of the molecule is COc1ccc(CCNC(=O)c2ccc(-c3ccc(Cl)cc3[N+](=O)[O-])o2)cc1. The second-order valence-electron chi connectivity index (χ2n) is 5.94. The quantitative estimate of drug-likeness (QED) is 0.465. The number of nitrogens with zero attached hydrogens (tertiary/aromatic N) is 1. The molecule has 0 saturated carbocycles. The number of nitrogens with one attached hydrogen (secondary N) is 1. The summed E-state index contributed by atoms with van der Waals surface area (Å²) in [4.78, 5) is 23.0. The van der Waals surface area contributed by atoms with Crippen LogP contribution in [0, 0.1) is 10.1 Å². The van der Waals surface area contributed by atoms with Crippen LogP contribution in [0.1, 0.15) is 16.1 Å². The zero-order valence-electron chi connectivity index (χ0n) is 15.0. The maximum atomic E-state index is 12.3. The van der Waals surface area contributed by atoms with E-state index in [1.54, 1.807) is 7.11 Å². The first-order valence-corrected chi connectivity index (χ1v) is 8.81. The maximum Gasteiger partial charge on any atom is 0.287 e. The molecule has 1 heterocycles. The largest absolute Gasteiger partial charge is 0.497 e. The number of methoxy groups -OCH3 is 1. The van der Waals surface area contributed by atoms with Gasteiger partial charge in [-0.05, 0) is 48.4 Å². The minimum absolute atomic E-state index is 0.0778. The Kier molecular flexibility index (Phi) is 5.96. The Morgan fingerprint density at radius 2 is 1.93 bits per heavy atom. The number of hydrogen-bond acceptors (Lipinski definition) is 5. The number of nitro groups is 1. The number of furan rings is 1. The molecule has 1 N–H and O–H groups in total. The fourth-order valence-corrected chi connectivity index (χ4v) is 2.83. The molecule has 8 heteroatoms. The Morgan fingerprint density at radius 1 is 1.18 bits per heavy atom. The highest BCUT2D eigenvalue weighted by Crippen LogP contribution is 2.33. The summed E-state index contributed by atoms with van der Waals surface area (Å²) in [6.45, 7) is 0.419. The molecule has 0 unspecified atom stereocenters. The van der Waals surface area contributed by atoms with Gasteiger partial charge in [0.25, 0.3) is 11.6 Å². The van der Waals surface area contributed by atoms with Gasteiger partial charge in [0, 0.05) is 17.6 Å². The molecule has 0 saturated heterocycles. The Balaban J connectivity index is 1.65. The number of hydrogen-bond donors (Lipinski definition) is 1. The van der Waals surface area contributed by atoms with Crippen LogP contribution in [0.15, 0.2) is 59.0 Å². The van der Waals surface area contributed by atoms with E-state index in [1.807, 2.05) is 24.3 Å². The first-order valence-electron chi connectivity index (χ1n) is 8.43. The maximum absolute atomic E-state index is 12.3. The fourth-order valence-electron chi connectivity index (χ4n) is 2.67. The summed E-state index contributed by atoms with van der Waals surface area (Å²) in [5.41, 5.74) is 1.12. The molecule has 0 bridgehead atoms. The normalized spacial score (nSPS) is 10.5. The molecule has 144 valence electrons. The monoisotopic (exact) mass is 400 g/mol. The van der Waals surface area contributed by atoms with E-state index in [-0.39, 0.29) is 27.8 Å². The van der Waals surface area contributed by atoms with Crippen LogP contribution in [0.5, 0.6) is 5.75 Å². The van der Waals surface area contributed by atoms with Gasteiger partial charge in [0.05, 0.1) is 17.6 Å². The molecule has 0 aliphatic rings. The molecule has 1 aromatic heterocycles. The van der Waals surface area contributed by atoms with Crippen molar-refractivity contribution in [2.45, 2.75) is 6.42 Å². The van der Waals surface area contributed by atoms with Crippen molar-refractivity contribution in [2.24, 2.45) is 0 Å². The van der Waals surface area contributed by atoms with Gasteiger partial charge < -0.3 is 14.5 Å². The van der Waals surface area contributed by atoms with Crippen molar-refractivity contribution in [3.8, 4) is 17.1 Å². The molecular weight excluding hydrogens is 384 g/mol. The van der Waals surface area contributed by atoms with E-state index in [0.717, 1.165) is 11.3 Å². The highest BCUT2D eigenvalue weighted by molar-refractivity contribution is 6.30. The fraction of sp³-hybridized carbons (Fsp3) is 0.150. The van der Waals surface area contributed by atoms with Crippen molar-refractivity contribution in [2.75, 3.05) is 13.7 Å². The van der Waals surface area contributed by atoms with Gasteiger partial charge in [-0.2, -0.15) is 0 Å². The molecule has 28 heavy (non-hydrogen) atoms. The molecule has 0 aliphatic carbocycles. The second-order valence-corrected chi connectivity index (χ2v) is 6.37. The number of rotatable bonds is 7. The molecule has 0 spiro atoms.